The fourth-order valence-corrected chi connectivity index (χ4v) is 2.27. The first-order valence-corrected chi connectivity index (χ1v) is 6.97. The molecule has 3 nitrogen and oxygen atoms in total. The van der Waals surface area contributed by atoms with Crippen molar-refractivity contribution in [3.05, 3.63) is 34.9 Å². The maximum Gasteiger partial charge on any atom is 0.225 e. The minimum atomic E-state index is 0.0223. The van der Waals surface area contributed by atoms with Crippen LogP contribution in [0.5, 0.6) is 0 Å². The van der Waals surface area contributed by atoms with Gasteiger partial charge in [-0.1, -0.05) is 30.7 Å². The smallest absolute Gasteiger partial charge is 0.225 e. The van der Waals surface area contributed by atoms with Gasteiger partial charge in [-0.2, -0.15) is 0 Å². The zero-order valence-corrected chi connectivity index (χ0v) is 12.6. The van der Waals surface area contributed by atoms with Crippen molar-refractivity contribution < 1.29 is 4.79 Å². The summed E-state index contributed by atoms with van der Waals surface area (Å²) >= 11 is 0. The number of hydrogen-bond donors (Lipinski definition) is 1. The lowest BCUT2D eigenvalue weighted by atomic mass is 10.0. The molecule has 1 aromatic carbocycles. The van der Waals surface area contributed by atoms with Gasteiger partial charge < -0.3 is 10.6 Å². The van der Waals surface area contributed by atoms with E-state index in [9.17, 15) is 4.79 Å². The number of aryl methyl sites for hydroxylation is 2. The highest BCUT2D eigenvalue weighted by molar-refractivity contribution is 5.78. The van der Waals surface area contributed by atoms with Crippen molar-refractivity contribution in [1.82, 2.24) is 4.90 Å². The summed E-state index contributed by atoms with van der Waals surface area (Å²) in [6.45, 7) is 7.50. The molecule has 0 saturated carbocycles. The van der Waals surface area contributed by atoms with Crippen molar-refractivity contribution >= 4 is 5.91 Å². The summed E-state index contributed by atoms with van der Waals surface area (Å²) in [6.07, 6.45) is 1.66. The Labute approximate surface area is 116 Å². The Balaban J connectivity index is 2.54. The molecule has 0 fully saturated rings. The fraction of sp³-hybridized carbons (Fsp3) is 0.562. The van der Waals surface area contributed by atoms with E-state index in [0.717, 1.165) is 19.4 Å². The van der Waals surface area contributed by atoms with Gasteiger partial charge in [-0.25, -0.2) is 0 Å². The van der Waals surface area contributed by atoms with E-state index in [4.69, 9.17) is 5.73 Å². The molecule has 0 aliphatic carbocycles. The second-order valence-corrected chi connectivity index (χ2v) is 5.42. The van der Waals surface area contributed by atoms with Gasteiger partial charge in [0, 0.05) is 19.5 Å². The first-order valence-electron chi connectivity index (χ1n) is 6.97. The molecular formula is C16H26N2O. The third kappa shape index (κ3) is 4.67. The minimum absolute atomic E-state index is 0.0223. The Kier molecular flexibility index (Phi) is 6.03. The van der Waals surface area contributed by atoms with E-state index in [2.05, 4.69) is 32.0 Å². The summed E-state index contributed by atoms with van der Waals surface area (Å²) in [5, 5.41) is 0. The van der Waals surface area contributed by atoms with E-state index in [1.165, 1.54) is 16.7 Å². The molecule has 1 amide bonds. The van der Waals surface area contributed by atoms with Crippen LogP contribution in [0.1, 0.15) is 30.0 Å². The fourth-order valence-electron chi connectivity index (χ4n) is 2.27. The number of hydrogen-bond acceptors (Lipinski definition) is 2. The van der Waals surface area contributed by atoms with Crippen molar-refractivity contribution in [3.63, 3.8) is 0 Å². The predicted molar refractivity (Wildman–Crippen MR) is 80.1 cm³/mol. The lowest BCUT2D eigenvalue weighted by Gasteiger charge is -2.21. The molecule has 1 aromatic rings. The predicted octanol–water partition coefficient (Wildman–Crippen LogP) is 2.29. The van der Waals surface area contributed by atoms with Gasteiger partial charge in [0.2, 0.25) is 5.91 Å². The van der Waals surface area contributed by atoms with Gasteiger partial charge >= 0.3 is 0 Å². The van der Waals surface area contributed by atoms with Gasteiger partial charge in [-0.05, 0) is 44.4 Å². The van der Waals surface area contributed by atoms with Crippen molar-refractivity contribution in [3.8, 4) is 0 Å². The number of carbonyl (C=O) groups is 1. The van der Waals surface area contributed by atoms with Crippen molar-refractivity contribution in [1.29, 1.82) is 0 Å². The zero-order valence-electron chi connectivity index (χ0n) is 12.6. The minimum Gasteiger partial charge on any atom is -0.345 e. The van der Waals surface area contributed by atoms with Crippen LogP contribution >= 0.6 is 0 Å². The van der Waals surface area contributed by atoms with Gasteiger partial charge in [0.25, 0.3) is 0 Å². The van der Waals surface area contributed by atoms with E-state index in [0.29, 0.717) is 6.54 Å². The lowest BCUT2D eigenvalue weighted by Crippen LogP contribution is -2.34. The van der Waals surface area contributed by atoms with Gasteiger partial charge in [0.15, 0.2) is 0 Å². The topological polar surface area (TPSA) is 46.3 Å². The number of nitrogens with zero attached hydrogens (tertiary/aromatic N) is 1. The quantitative estimate of drug-likeness (QED) is 0.855. The third-order valence-corrected chi connectivity index (χ3v) is 3.61. The highest BCUT2D eigenvalue weighted by Crippen LogP contribution is 2.12. The van der Waals surface area contributed by atoms with Crippen LogP contribution in [-0.2, 0) is 11.2 Å². The van der Waals surface area contributed by atoms with Crippen LogP contribution in [0, 0.1) is 19.8 Å². The molecule has 0 bridgehead atoms. The van der Waals surface area contributed by atoms with Gasteiger partial charge in [0.05, 0.1) is 0 Å². The van der Waals surface area contributed by atoms with Crippen LogP contribution < -0.4 is 5.73 Å². The van der Waals surface area contributed by atoms with Crippen LogP contribution in [0.25, 0.3) is 0 Å². The van der Waals surface area contributed by atoms with E-state index < -0.39 is 0 Å². The molecule has 0 aliphatic heterocycles. The Morgan fingerprint density at radius 1 is 1.37 bits per heavy atom. The van der Waals surface area contributed by atoms with Crippen LogP contribution in [0.15, 0.2) is 18.2 Å². The third-order valence-electron chi connectivity index (χ3n) is 3.61. The van der Waals surface area contributed by atoms with E-state index in [1.54, 1.807) is 0 Å². The average molecular weight is 262 g/mol. The molecule has 1 rings (SSSR count). The highest BCUT2D eigenvalue weighted by Gasteiger charge is 2.16. The Bertz CT molecular complexity index is 429. The molecular weight excluding hydrogens is 236 g/mol. The van der Waals surface area contributed by atoms with Crippen LogP contribution in [0.2, 0.25) is 0 Å². The lowest BCUT2D eigenvalue weighted by molar-refractivity contribution is -0.133. The molecule has 19 heavy (non-hydrogen) atoms. The molecule has 0 heterocycles. The van der Waals surface area contributed by atoms with E-state index in [-0.39, 0.29) is 11.8 Å². The van der Waals surface area contributed by atoms with E-state index >= 15 is 0 Å². The number of benzene rings is 1. The van der Waals surface area contributed by atoms with Gasteiger partial charge in [-0.15, -0.1) is 0 Å². The molecule has 0 spiro atoms. The van der Waals surface area contributed by atoms with E-state index in [1.807, 2.05) is 18.9 Å². The number of amides is 1. The number of likely N-dealkylation sites (N-methyl/N-ethyl adjacent to an activating group) is 1. The SMILES string of the molecule is Cc1ccc(CCN(C)C(=O)C(C)CCN)c(C)c1. The molecule has 0 aromatic heterocycles. The molecule has 0 radical (unpaired) electrons. The average Bonchev–Trinajstić information content (AvgIpc) is 2.36. The second-order valence-electron chi connectivity index (χ2n) is 5.42. The monoisotopic (exact) mass is 262 g/mol. The molecule has 2 N–H and O–H groups in total. The van der Waals surface area contributed by atoms with Crippen molar-refractivity contribution in [2.24, 2.45) is 11.7 Å². The number of rotatable bonds is 6. The molecule has 0 saturated heterocycles. The van der Waals surface area contributed by atoms with Crippen molar-refractivity contribution in [2.45, 2.75) is 33.6 Å². The highest BCUT2D eigenvalue weighted by atomic mass is 16.2. The number of nitrogens with two attached hydrogens (primary N) is 1. The Morgan fingerprint density at radius 2 is 2.05 bits per heavy atom. The second kappa shape index (κ2) is 7.29. The van der Waals surface area contributed by atoms with Crippen LogP contribution in [-0.4, -0.2) is 30.9 Å². The molecule has 1 unspecified atom stereocenters. The first-order chi connectivity index (χ1) is 8.95. The summed E-state index contributed by atoms with van der Waals surface area (Å²) in [5.41, 5.74) is 9.39. The molecule has 3 heteroatoms. The van der Waals surface area contributed by atoms with Crippen LogP contribution in [0.3, 0.4) is 0 Å². The Morgan fingerprint density at radius 3 is 2.63 bits per heavy atom. The normalized spacial score (nSPS) is 12.3. The molecule has 1 atom stereocenters. The maximum atomic E-state index is 12.1. The first kappa shape index (κ1) is 15.7. The van der Waals surface area contributed by atoms with Gasteiger partial charge in [-0.3, -0.25) is 4.79 Å². The number of carbonyl (C=O) groups excluding carboxylic acids is 1. The maximum absolute atomic E-state index is 12.1. The molecule has 106 valence electrons. The van der Waals surface area contributed by atoms with Gasteiger partial charge in [0.1, 0.15) is 0 Å². The summed E-state index contributed by atoms with van der Waals surface area (Å²) in [5.74, 6) is 0.212. The molecule has 0 aliphatic rings. The summed E-state index contributed by atoms with van der Waals surface area (Å²) in [6, 6.07) is 6.47. The summed E-state index contributed by atoms with van der Waals surface area (Å²) in [4.78, 5) is 13.9. The standard InChI is InChI=1S/C16H26N2O/c1-12-5-6-15(14(3)11-12)8-10-18(4)16(19)13(2)7-9-17/h5-6,11,13H,7-10,17H2,1-4H3. The summed E-state index contributed by atoms with van der Waals surface area (Å²) < 4.78 is 0. The van der Waals surface area contributed by atoms with Crippen LogP contribution in [0.4, 0.5) is 0 Å². The van der Waals surface area contributed by atoms with Crippen molar-refractivity contribution in [2.75, 3.05) is 20.1 Å². The zero-order chi connectivity index (χ0) is 14.4. The summed E-state index contributed by atoms with van der Waals surface area (Å²) in [7, 11) is 1.87. The largest absolute Gasteiger partial charge is 0.345 e. The Hall–Kier alpha value is -1.35.